The van der Waals surface area contributed by atoms with Gasteiger partial charge in [-0.05, 0) is 59.3 Å². The number of rotatable bonds is 7. The van der Waals surface area contributed by atoms with E-state index in [9.17, 15) is 4.79 Å². The Balaban J connectivity index is 1.57. The highest BCUT2D eigenvalue weighted by Gasteiger charge is 2.17. The van der Waals surface area contributed by atoms with Crippen LogP contribution >= 0.6 is 11.3 Å². The molecule has 0 saturated heterocycles. The van der Waals surface area contributed by atoms with Crippen molar-refractivity contribution in [3.05, 3.63) is 52.5 Å². The summed E-state index contributed by atoms with van der Waals surface area (Å²) in [4.78, 5) is 13.1. The van der Waals surface area contributed by atoms with Crippen LogP contribution in [0, 0.1) is 0 Å². The fourth-order valence-electron chi connectivity index (χ4n) is 2.46. The van der Waals surface area contributed by atoms with Crippen LogP contribution in [0.2, 0.25) is 0 Å². The Labute approximate surface area is 149 Å². The van der Waals surface area contributed by atoms with Crippen LogP contribution in [0.4, 0.5) is 0 Å². The van der Waals surface area contributed by atoms with E-state index >= 15 is 0 Å². The number of amides is 1. The molecule has 130 valence electrons. The molecule has 2 heterocycles. The minimum Gasteiger partial charge on any atom is -0.497 e. The molecular formula is C17H19N5O2S. The maximum Gasteiger partial charge on any atom is 0.263 e. The van der Waals surface area contributed by atoms with Gasteiger partial charge in [-0.25, -0.2) is 0 Å². The largest absolute Gasteiger partial charge is 0.497 e. The minimum atomic E-state index is -0.109. The van der Waals surface area contributed by atoms with Crippen LogP contribution in [-0.4, -0.2) is 39.3 Å². The van der Waals surface area contributed by atoms with Gasteiger partial charge in [0.05, 0.1) is 12.8 Å². The second-order valence-corrected chi connectivity index (χ2v) is 6.57. The first-order chi connectivity index (χ1) is 12.2. The van der Waals surface area contributed by atoms with Crippen molar-refractivity contribution in [1.82, 2.24) is 25.5 Å². The molecule has 0 aliphatic rings. The van der Waals surface area contributed by atoms with E-state index in [0.717, 1.165) is 18.6 Å². The summed E-state index contributed by atoms with van der Waals surface area (Å²) in [5, 5.41) is 16.0. The lowest BCUT2D eigenvalue weighted by Crippen LogP contribution is -2.33. The van der Waals surface area contributed by atoms with Crippen molar-refractivity contribution < 1.29 is 9.53 Å². The fourth-order valence-corrected chi connectivity index (χ4v) is 3.24. The fraction of sp³-hybridized carbons (Fsp3) is 0.294. The summed E-state index contributed by atoms with van der Waals surface area (Å²) in [6, 6.07) is 9.87. The smallest absolute Gasteiger partial charge is 0.263 e. The Morgan fingerprint density at radius 1 is 1.32 bits per heavy atom. The average Bonchev–Trinajstić information content (AvgIpc) is 3.31. The molecule has 3 aromatic rings. The van der Waals surface area contributed by atoms with Gasteiger partial charge >= 0.3 is 0 Å². The summed E-state index contributed by atoms with van der Waals surface area (Å²) in [6.45, 7) is 2.01. The van der Waals surface area contributed by atoms with Crippen LogP contribution in [0.5, 0.6) is 5.75 Å². The van der Waals surface area contributed by atoms with Gasteiger partial charge in [0, 0.05) is 6.04 Å². The standard InChI is InChI=1S/C17H19N5O2S/c1-12(3-4-13-5-7-14(24-2)8-6-13)19-17(23)16-15(9-10-25-16)22-11-18-20-21-22/h5-12H,3-4H2,1-2H3,(H,19,23). The highest BCUT2D eigenvalue weighted by atomic mass is 32.1. The van der Waals surface area contributed by atoms with Crippen molar-refractivity contribution in [2.75, 3.05) is 7.11 Å². The van der Waals surface area contributed by atoms with Gasteiger partial charge in [-0.15, -0.1) is 16.4 Å². The Bertz CT molecular complexity index is 814. The molecule has 1 N–H and O–H groups in total. The van der Waals surface area contributed by atoms with Crippen LogP contribution < -0.4 is 10.1 Å². The summed E-state index contributed by atoms with van der Waals surface area (Å²) in [5.41, 5.74) is 1.90. The summed E-state index contributed by atoms with van der Waals surface area (Å²) in [6.07, 6.45) is 3.21. The lowest BCUT2D eigenvalue weighted by atomic mass is 10.1. The topological polar surface area (TPSA) is 81.9 Å². The second kappa shape index (κ2) is 7.89. The van der Waals surface area contributed by atoms with Crippen LogP contribution in [0.3, 0.4) is 0 Å². The van der Waals surface area contributed by atoms with E-state index in [-0.39, 0.29) is 11.9 Å². The minimum absolute atomic E-state index is 0.0541. The van der Waals surface area contributed by atoms with Gasteiger partial charge < -0.3 is 10.1 Å². The Morgan fingerprint density at radius 3 is 2.80 bits per heavy atom. The number of thiophene rings is 1. The van der Waals surface area contributed by atoms with Crippen LogP contribution in [-0.2, 0) is 6.42 Å². The van der Waals surface area contributed by atoms with E-state index < -0.39 is 0 Å². The number of aryl methyl sites for hydroxylation is 1. The van der Waals surface area contributed by atoms with Crippen molar-refractivity contribution in [2.45, 2.75) is 25.8 Å². The van der Waals surface area contributed by atoms with E-state index in [2.05, 4.69) is 20.8 Å². The normalized spacial score (nSPS) is 11.9. The lowest BCUT2D eigenvalue weighted by Gasteiger charge is -2.14. The predicted molar refractivity (Wildman–Crippen MR) is 95.3 cm³/mol. The third-order valence-corrected chi connectivity index (χ3v) is 4.75. The molecule has 1 aromatic carbocycles. The molecule has 8 heteroatoms. The predicted octanol–water partition coefficient (Wildman–Crippen LogP) is 2.48. The molecule has 1 atom stereocenters. The van der Waals surface area contributed by atoms with E-state index in [1.165, 1.54) is 27.9 Å². The molecule has 1 amide bonds. The number of hydrogen-bond acceptors (Lipinski definition) is 6. The van der Waals surface area contributed by atoms with Crippen molar-refractivity contribution in [2.24, 2.45) is 0 Å². The summed E-state index contributed by atoms with van der Waals surface area (Å²) in [7, 11) is 1.65. The highest BCUT2D eigenvalue weighted by Crippen LogP contribution is 2.20. The second-order valence-electron chi connectivity index (χ2n) is 5.65. The van der Waals surface area contributed by atoms with E-state index in [0.29, 0.717) is 10.6 Å². The van der Waals surface area contributed by atoms with Gasteiger partial charge in [-0.1, -0.05) is 12.1 Å². The SMILES string of the molecule is COc1ccc(CCC(C)NC(=O)c2sccc2-n2cnnn2)cc1. The Hall–Kier alpha value is -2.74. The number of hydrogen-bond donors (Lipinski definition) is 1. The number of aromatic nitrogens is 4. The number of benzene rings is 1. The van der Waals surface area contributed by atoms with Gasteiger partial charge in [-0.3, -0.25) is 4.79 Å². The first-order valence-electron chi connectivity index (χ1n) is 7.92. The molecule has 0 aliphatic heterocycles. The zero-order valence-electron chi connectivity index (χ0n) is 14.0. The summed E-state index contributed by atoms with van der Waals surface area (Å²) < 4.78 is 6.65. The van der Waals surface area contributed by atoms with E-state index in [4.69, 9.17) is 4.74 Å². The van der Waals surface area contributed by atoms with Crippen molar-refractivity contribution in [3.8, 4) is 11.4 Å². The van der Waals surface area contributed by atoms with Crippen LogP contribution in [0.1, 0.15) is 28.6 Å². The number of carbonyl (C=O) groups is 1. The molecule has 0 fully saturated rings. The zero-order valence-corrected chi connectivity index (χ0v) is 14.9. The van der Waals surface area contributed by atoms with E-state index in [1.807, 2.05) is 42.6 Å². The number of nitrogens with one attached hydrogen (secondary N) is 1. The quantitative estimate of drug-likeness (QED) is 0.702. The van der Waals surface area contributed by atoms with Gasteiger partial charge in [0.25, 0.3) is 5.91 Å². The molecule has 3 rings (SSSR count). The maximum atomic E-state index is 12.5. The lowest BCUT2D eigenvalue weighted by molar-refractivity contribution is 0.0942. The maximum absolute atomic E-state index is 12.5. The van der Waals surface area contributed by atoms with Crippen LogP contribution in [0.25, 0.3) is 5.69 Å². The monoisotopic (exact) mass is 357 g/mol. The number of ether oxygens (including phenoxy) is 1. The van der Waals surface area contributed by atoms with E-state index in [1.54, 1.807) is 7.11 Å². The Morgan fingerprint density at radius 2 is 2.12 bits per heavy atom. The molecule has 7 nitrogen and oxygen atoms in total. The number of methoxy groups -OCH3 is 1. The zero-order chi connectivity index (χ0) is 17.6. The molecular weight excluding hydrogens is 338 g/mol. The Kier molecular flexibility index (Phi) is 5.39. The number of tetrazole rings is 1. The van der Waals surface area contributed by atoms with Crippen molar-refractivity contribution >= 4 is 17.2 Å². The van der Waals surface area contributed by atoms with Gasteiger partial charge in [0.1, 0.15) is 17.0 Å². The van der Waals surface area contributed by atoms with Crippen molar-refractivity contribution in [3.63, 3.8) is 0 Å². The first-order valence-corrected chi connectivity index (χ1v) is 8.80. The molecule has 1 unspecified atom stereocenters. The first kappa shape index (κ1) is 17.1. The molecule has 25 heavy (non-hydrogen) atoms. The molecule has 0 spiro atoms. The third kappa shape index (κ3) is 4.21. The van der Waals surface area contributed by atoms with Crippen LogP contribution in [0.15, 0.2) is 42.0 Å². The molecule has 0 bridgehead atoms. The molecule has 0 radical (unpaired) electrons. The van der Waals surface area contributed by atoms with Crippen molar-refractivity contribution in [1.29, 1.82) is 0 Å². The molecule has 0 aliphatic carbocycles. The van der Waals surface area contributed by atoms with Gasteiger partial charge in [-0.2, -0.15) is 4.68 Å². The summed E-state index contributed by atoms with van der Waals surface area (Å²) in [5.74, 6) is 0.737. The average molecular weight is 357 g/mol. The third-order valence-electron chi connectivity index (χ3n) is 3.85. The summed E-state index contributed by atoms with van der Waals surface area (Å²) >= 11 is 1.37. The highest BCUT2D eigenvalue weighted by molar-refractivity contribution is 7.12. The molecule has 0 saturated carbocycles. The number of nitrogens with zero attached hydrogens (tertiary/aromatic N) is 4. The van der Waals surface area contributed by atoms with Gasteiger partial charge in [0.15, 0.2) is 0 Å². The molecule has 2 aromatic heterocycles. The number of carbonyl (C=O) groups excluding carboxylic acids is 1. The van der Waals surface area contributed by atoms with Gasteiger partial charge in [0.2, 0.25) is 0 Å².